The summed E-state index contributed by atoms with van der Waals surface area (Å²) >= 11 is 0. The Morgan fingerprint density at radius 3 is 2.44 bits per heavy atom. The minimum absolute atomic E-state index is 0.0260. The van der Waals surface area contributed by atoms with Crippen LogP contribution in [0.2, 0.25) is 0 Å². The first-order valence-electron chi connectivity index (χ1n) is 5.49. The maximum Gasteiger partial charge on any atom is 0.513 e. The van der Waals surface area contributed by atoms with Crippen LogP contribution in [0, 0.1) is 5.92 Å². The summed E-state index contributed by atoms with van der Waals surface area (Å²) in [7, 11) is 0. The van der Waals surface area contributed by atoms with Gasteiger partial charge in [-0.1, -0.05) is 30.1 Å². The van der Waals surface area contributed by atoms with Crippen LogP contribution in [0.5, 0.6) is 5.75 Å². The zero-order valence-electron chi connectivity index (χ0n) is 8.83. The summed E-state index contributed by atoms with van der Waals surface area (Å²) < 4.78 is 43.2. The average Bonchev–Trinajstić information content (AvgIpc) is 2.14. The summed E-state index contributed by atoms with van der Waals surface area (Å²) in [6.45, 7) is -4.57. The zero-order valence-corrected chi connectivity index (χ0v) is 8.83. The third kappa shape index (κ3) is 2.51. The highest BCUT2D eigenvalue weighted by Gasteiger charge is 2.29. The molecular formula is C11H13BF3O-. The van der Waals surface area contributed by atoms with Crippen LogP contribution in [0.15, 0.2) is 24.3 Å². The van der Waals surface area contributed by atoms with Gasteiger partial charge in [0.1, 0.15) is 0 Å². The van der Waals surface area contributed by atoms with Crippen LogP contribution in [0.4, 0.5) is 12.9 Å². The van der Waals surface area contributed by atoms with E-state index in [-0.39, 0.29) is 5.75 Å². The molecule has 1 fully saturated rings. The van der Waals surface area contributed by atoms with Gasteiger partial charge in [-0.05, 0) is 24.8 Å². The third-order valence-corrected chi connectivity index (χ3v) is 2.97. The van der Waals surface area contributed by atoms with E-state index in [4.69, 9.17) is 4.74 Å². The molecule has 16 heavy (non-hydrogen) atoms. The monoisotopic (exact) mass is 229 g/mol. The topological polar surface area (TPSA) is 9.23 Å². The van der Waals surface area contributed by atoms with Gasteiger partial charge >= 0.3 is 6.98 Å². The number of hydrogen-bond acceptors (Lipinski definition) is 1. The van der Waals surface area contributed by atoms with E-state index in [0.29, 0.717) is 12.5 Å². The fourth-order valence-corrected chi connectivity index (χ4v) is 1.75. The van der Waals surface area contributed by atoms with Crippen molar-refractivity contribution in [1.29, 1.82) is 0 Å². The maximum atomic E-state index is 12.7. The van der Waals surface area contributed by atoms with Crippen LogP contribution in [0.25, 0.3) is 0 Å². The van der Waals surface area contributed by atoms with Crippen molar-refractivity contribution in [3.63, 3.8) is 0 Å². The molecule has 0 unspecified atom stereocenters. The Bertz CT molecular complexity index is 360. The number of ether oxygens (including phenoxy) is 1. The van der Waals surface area contributed by atoms with Gasteiger partial charge in [0.2, 0.25) is 0 Å². The highest BCUT2D eigenvalue weighted by atomic mass is 19.4. The Morgan fingerprint density at radius 2 is 1.88 bits per heavy atom. The first-order valence-corrected chi connectivity index (χ1v) is 5.49. The molecule has 0 saturated heterocycles. The summed E-state index contributed by atoms with van der Waals surface area (Å²) in [5.41, 5.74) is -0.623. The normalized spacial score (nSPS) is 16.9. The van der Waals surface area contributed by atoms with Crippen molar-refractivity contribution in [2.45, 2.75) is 19.3 Å². The summed E-state index contributed by atoms with van der Waals surface area (Å²) in [6, 6.07) is 5.43. The van der Waals surface area contributed by atoms with E-state index in [2.05, 4.69) is 0 Å². The lowest BCUT2D eigenvalue weighted by Crippen LogP contribution is -2.36. The molecular weight excluding hydrogens is 216 g/mol. The molecule has 0 atom stereocenters. The summed E-state index contributed by atoms with van der Waals surface area (Å²) in [5, 5.41) is 0. The first-order chi connectivity index (χ1) is 7.57. The van der Waals surface area contributed by atoms with Crippen molar-refractivity contribution >= 4 is 12.4 Å². The fourth-order valence-electron chi connectivity index (χ4n) is 1.75. The third-order valence-electron chi connectivity index (χ3n) is 2.97. The maximum absolute atomic E-state index is 12.7. The van der Waals surface area contributed by atoms with Gasteiger partial charge in [-0.2, -0.15) is 0 Å². The second-order valence-electron chi connectivity index (χ2n) is 4.22. The van der Waals surface area contributed by atoms with Crippen LogP contribution in [0.1, 0.15) is 19.3 Å². The molecule has 88 valence electrons. The van der Waals surface area contributed by atoms with Crippen molar-refractivity contribution in [1.82, 2.24) is 0 Å². The number of hydrogen-bond donors (Lipinski definition) is 0. The highest BCUT2D eigenvalue weighted by molar-refractivity contribution is 6.74. The van der Waals surface area contributed by atoms with Gasteiger partial charge in [0.05, 0.1) is 12.4 Å². The van der Waals surface area contributed by atoms with Crippen LogP contribution in [0.3, 0.4) is 0 Å². The van der Waals surface area contributed by atoms with E-state index in [1.54, 1.807) is 6.07 Å². The van der Waals surface area contributed by atoms with Gasteiger partial charge < -0.3 is 17.7 Å². The molecule has 0 bridgehead atoms. The molecule has 0 radical (unpaired) electrons. The average molecular weight is 229 g/mol. The minimum atomic E-state index is -4.98. The minimum Gasteiger partial charge on any atom is -0.496 e. The summed E-state index contributed by atoms with van der Waals surface area (Å²) in [6.07, 6.45) is 3.30. The predicted molar refractivity (Wildman–Crippen MR) is 58.0 cm³/mol. The number of para-hydroxylation sites is 1. The molecule has 0 aromatic heterocycles. The van der Waals surface area contributed by atoms with E-state index in [0.717, 1.165) is 18.9 Å². The molecule has 1 aromatic carbocycles. The van der Waals surface area contributed by atoms with Gasteiger partial charge in [-0.3, -0.25) is 0 Å². The van der Waals surface area contributed by atoms with Gasteiger partial charge in [-0.25, -0.2) is 0 Å². The van der Waals surface area contributed by atoms with E-state index < -0.39 is 12.4 Å². The quantitative estimate of drug-likeness (QED) is 0.721. The molecule has 1 aliphatic rings. The van der Waals surface area contributed by atoms with Crippen molar-refractivity contribution in [3.8, 4) is 5.75 Å². The lowest BCUT2D eigenvalue weighted by Gasteiger charge is -2.27. The Morgan fingerprint density at radius 1 is 1.19 bits per heavy atom. The molecule has 5 heteroatoms. The smallest absolute Gasteiger partial charge is 0.496 e. The number of halogens is 3. The van der Waals surface area contributed by atoms with Gasteiger partial charge in [-0.15, -0.1) is 0 Å². The lowest BCUT2D eigenvalue weighted by molar-refractivity contribution is 0.181. The van der Waals surface area contributed by atoms with Crippen LogP contribution in [-0.4, -0.2) is 13.6 Å². The number of benzene rings is 1. The van der Waals surface area contributed by atoms with Crippen LogP contribution >= 0.6 is 0 Å². The zero-order chi connectivity index (χ0) is 11.6. The highest BCUT2D eigenvalue weighted by Crippen LogP contribution is 2.27. The Hall–Kier alpha value is -1.13. The molecule has 0 aliphatic heterocycles. The molecule has 2 rings (SSSR count). The standard InChI is InChI=1S/C11H13BF3O/c13-12(14,15)10-6-1-2-7-11(10)16-8-9-4-3-5-9/h1-2,6-7,9H,3-5,8H2/q-1. The van der Waals surface area contributed by atoms with Crippen molar-refractivity contribution in [3.05, 3.63) is 24.3 Å². The Kier molecular flexibility index (Phi) is 3.12. The largest absolute Gasteiger partial charge is 0.513 e. The molecule has 1 saturated carbocycles. The molecule has 1 aliphatic carbocycles. The predicted octanol–water partition coefficient (Wildman–Crippen LogP) is 2.92. The Balaban J connectivity index is 2.06. The van der Waals surface area contributed by atoms with Crippen molar-refractivity contribution < 1.29 is 17.7 Å². The van der Waals surface area contributed by atoms with Crippen LogP contribution in [-0.2, 0) is 0 Å². The van der Waals surface area contributed by atoms with Crippen LogP contribution < -0.4 is 10.2 Å². The SMILES string of the molecule is F[B-](F)(F)c1ccccc1OCC1CCC1. The van der Waals surface area contributed by atoms with E-state index in [1.807, 2.05) is 0 Å². The van der Waals surface area contributed by atoms with Crippen molar-refractivity contribution in [2.24, 2.45) is 5.92 Å². The van der Waals surface area contributed by atoms with Crippen molar-refractivity contribution in [2.75, 3.05) is 6.61 Å². The molecule has 0 amide bonds. The Labute approximate surface area is 92.7 Å². The number of rotatable bonds is 4. The summed E-state index contributed by atoms with van der Waals surface area (Å²) in [4.78, 5) is 0. The second-order valence-corrected chi connectivity index (χ2v) is 4.22. The second kappa shape index (κ2) is 4.40. The van der Waals surface area contributed by atoms with E-state index in [9.17, 15) is 12.9 Å². The van der Waals surface area contributed by atoms with E-state index >= 15 is 0 Å². The molecule has 1 aromatic rings. The molecule has 0 spiro atoms. The van der Waals surface area contributed by atoms with E-state index in [1.165, 1.54) is 18.6 Å². The molecule has 0 N–H and O–H groups in total. The van der Waals surface area contributed by atoms with Gasteiger partial charge in [0, 0.05) is 0 Å². The van der Waals surface area contributed by atoms with Gasteiger partial charge in [0.15, 0.2) is 0 Å². The fraction of sp³-hybridized carbons (Fsp3) is 0.455. The first kappa shape index (κ1) is 11.4. The van der Waals surface area contributed by atoms with Gasteiger partial charge in [0.25, 0.3) is 0 Å². The lowest BCUT2D eigenvalue weighted by atomic mass is 9.79. The molecule has 1 nitrogen and oxygen atoms in total. The summed E-state index contributed by atoms with van der Waals surface area (Å²) in [5.74, 6) is 0.413. The molecule has 0 heterocycles.